The third-order valence-electron chi connectivity index (χ3n) is 3.03. The maximum atomic E-state index is 12.4. The molecule has 0 spiro atoms. The van der Waals surface area contributed by atoms with E-state index in [-0.39, 0.29) is 16.9 Å². The number of para-hydroxylation sites is 1. The van der Waals surface area contributed by atoms with Gasteiger partial charge < -0.3 is 14.4 Å². The van der Waals surface area contributed by atoms with Crippen LogP contribution >= 0.6 is 0 Å². The van der Waals surface area contributed by atoms with Gasteiger partial charge in [-0.15, -0.1) is 13.2 Å². The first-order chi connectivity index (χ1) is 9.70. The van der Waals surface area contributed by atoms with Crippen molar-refractivity contribution in [3.05, 3.63) is 41.6 Å². The fourth-order valence-corrected chi connectivity index (χ4v) is 2.23. The average Bonchev–Trinajstić information content (AvgIpc) is 2.64. The Morgan fingerprint density at radius 3 is 2.43 bits per heavy atom. The summed E-state index contributed by atoms with van der Waals surface area (Å²) in [4.78, 5) is 11.1. The normalized spacial score (nSPS) is 11.5. The quantitative estimate of drug-likeness (QED) is 0.942. The van der Waals surface area contributed by atoms with Gasteiger partial charge in [0.25, 0.3) is 0 Å². The summed E-state index contributed by atoms with van der Waals surface area (Å²) in [6, 6.07) is 5.62. The van der Waals surface area contributed by atoms with Gasteiger partial charge in [0.15, 0.2) is 0 Å². The number of carboxylic acid groups (broad SMARTS) is 1. The fraction of sp³-hybridized carbons (Fsp3) is 0.214. The summed E-state index contributed by atoms with van der Waals surface area (Å²) in [5.74, 6) is -1.50. The molecule has 0 unspecified atom stereocenters. The number of ether oxygens (including phenoxy) is 1. The summed E-state index contributed by atoms with van der Waals surface area (Å²) in [6.07, 6.45) is -3.46. The van der Waals surface area contributed by atoms with Crippen molar-refractivity contribution in [1.82, 2.24) is 4.57 Å². The van der Waals surface area contributed by atoms with Gasteiger partial charge in [0, 0.05) is 18.8 Å². The van der Waals surface area contributed by atoms with Crippen LogP contribution in [0, 0.1) is 6.92 Å². The molecule has 1 aromatic carbocycles. The zero-order chi connectivity index (χ0) is 15.8. The van der Waals surface area contributed by atoms with Gasteiger partial charge in [-0.3, -0.25) is 0 Å². The molecule has 0 fully saturated rings. The van der Waals surface area contributed by atoms with Gasteiger partial charge in [0.1, 0.15) is 5.75 Å². The van der Waals surface area contributed by atoms with Gasteiger partial charge in [-0.25, -0.2) is 4.79 Å². The molecule has 21 heavy (non-hydrogen) atoms. The first-order valence-electron chi connectivity index (χ1n) is 5.95. The van der Waals surface area contributed by atoms with Crippen LogP contribution < -0.4 is 4.74 Å². The predicted molar refractivity (Wildman–Crippen MR) is 69.2 cm³/mol. The summed E-state index contributed by atoms with van der Waals surface area (Å²) in [7, 11) is 1.57. The van der Waals surface area contributed by atoms with Gasteiger partial charge in [-0.2, -0.15) is 0 Å². The lowest BCUT2D eigenvalue weighted by molar-refractivity contribution is -0.274. The summed E-state index contributed by atoms with van der Waals surface area (Å²) in [5, 5.41) is 9.08. The van der Waals surface area contributed by atoms with Crippen LogP contribution in [0.25, 0.3) is 11.3 Å². The highest BCUT2D eigenvalue weighted by Gasteiger charge is 2.32. The number of carboxylic acids is 1. The second kappa shape index (κ2) is 5.16. The summed E-state index contributed by atoms with van der Waals surface area (Å²) in [6.45, 7) is 1.54. The molecule has 2 rings (SSSR count). The molecule has 0 aliphatic carbocycles. The largest absolute Gasteiger partial charge is 0.573 e. The number of benzene rings is 1. The van der Waals surface area contributed by atoms with Crippen LogP contribution in [-0.4, -0.2) is 22.0 Å². The molecule has 1 aromatic heterocycles. The van der Waals surface area contributed by atoms with Gasteiger partial charge in [-0.1, -0.05) is 12.1 Å². The SMILES string of the molecule is Cc1c(C(=O)O)cn(C)c1-c1ccccc1OC(F)(F)F. The monoisotopic (exact) mass is 299 g/mol. The minimum Gasteiger partial charge on any atom is -0.478 e. The van der Waals surface area contributed by atoms with Crippen molar-refractivity contribution in [2.45, 2.75) is 13.3 Å². The number of alkyl halides is 3. The molecule has 0 atom stereocenters. The second-order valence-electron chi connectivity index (χ2n) is 4.48. The molecular weight excluding hydrogens is 287 g/mol. The lowest BCUT2D eigenvalue weighted by Gasteiger charge is -2.14. The second-order valence-corrected chi connectivity index (χ2v) is 4.48. The van der Waals surface area contributed by atoms with Gasteiger partial charge >= 0.3 is 12.3 Å². The molecule has 1 N–H and O–H groups in total. The highest BCUT2D eigenvalue weighted by molar-refractivity contribution is 5.92. The molecule has 0 aliphatic heterocycles. The Kier molecular flexibility index (Phi) is 3.67. The topological polar surface area (TPSA) is 51.5 Å². The third kappa shape index (κ3) is 3.01. The van der Waals surface area contributed by atoms with Crippen molar-refractivity contribution in [2.75, 3.05) is 0 Å². The zero-order valence-corrected chi connectivity index (χ0v) is 11.2. The van der Waals surface area contributed by atoms with Crippen LogP contribution in [0.4, 0.5) is 13.2 Å². The first-order valence-corrected chi connectivity index (χ1v) is 5.95. The van der Waals surface area contributed by atoms with Gasteiger partial charge in [0.2, 0.25) is 0 Å². The van der Waals surface area contributed by atoms with Crippen molar-refractivity contribution in [1.29, 1.82) is 0 Å². The molecule has 0 amide bonds. The Labute approximate surface area is 118 Å². The molecule has 0 aliphatic rings. The van der Waals surface area contributed by atoms with Crippen LogP contribution in [0.3, 0.4) is 0 Å². The van der Waals surface area contributed by atoms with Crippen molar-refractivity contribution in [3.8, 4) is 17.0 Å². The maximum Gasteiger partial charge on any atom is 0.573 e. The number of hydrogen-bond donors (Lipinski definition) is 1. The number of aromatic carboxylic acids is 1. The first kappa shape index (κ1) is 15.0. The molecule has 2 aromatic rings. The zero-order valence-electron chi connectivity index (χ0n) is 11.2. The van der Waals surface area contributed by atoms with E-state index in [4.69, 9.17) is 5.11 Å². The van der Waals surface area contributed by atoms with Crippen LogP contribution in [0.5, 0.6) is 5.75 Å². The molecule has 112 valence electrons. The van der Waals surface area contributed by atoms with Crippen molar-refractivity contribution >= 4 is 5.97 Å². The number of hydrogen-bond acceptors (Lipinski definition) is 2. The molecular formula is C14H12F3NO3. The van der Waals surface area contributed by atoms with Crippen LogP contribution in [0.1, 0.15) is 15.9 Å². The Morgan fingerprint density at radius 1 is 1.29 bits per heavy atom. The molecule has 4 nitrogen and oxygen atoms in total. The van der Waals surface area contributed by atoms with Gasteiger partial charge in [-0.05, 0) is 24.6 Å². The molecule has 0 radical (unpaired) electrons. The fourth-order valence-electron chi connectivity index (χ4n) is 2.23. The Hall–Kier alpha value is -2.44. The standard InChI is InChI=1S/C14H12F3NO3/c1-8-10(13(19)20)7-18(2)12(8)9-5-3-4-6-11(9)21-14(15,16)17/h3-7H,1-2H3,(H,19,20). The number of aromatic nitrogens is 1. The van der Waals surface area contributed by atoms with E-state index < -0.39 is 12.3 Å². The Morgan fingerprint density at radius 2 is 1.90 bits per heavy atom. The molecule has 7 heteroatoms. The number of nitrogens with zero attached hydrogens (tertiary/aromatic N) is 1. The predicted octanol–water partition coefficient (Wildman–Crippen LogP) is 3.60. The van der Waals surface area contributed by atoms with Crippen LogP contribution in [-0.2, 0) is 7.05 Å². The lowest BCUT2D eigenvalue weighted by atomic mass is 10.1. The molecule has 1 heterocycles. The van der Waals surface area contributed by atoms with E-state index in [0.29, 0.717) is 11.3 Å². The molecule has 0 saturated heterocycles. The Bertz CT molecular complexity index is 689. The van der Waals surface area contributed by atoms with E-state index in [0.717, 1.165) is 0 Å². The van der Waals surface area contributed by atoms with Crippen LogP contribution in [0.15, 0.2) is 30.5 Å². The number of halogens is 3. The summed E-state index contributed by atoms with van der Waals surface area (Å²) >= 11 is 0. The smallest absolute Gasteiger partial charge is 0.478 e. The van der Waals surface area contributed by atoms with E-state index >= 15 is 0 Å². The third-order valence-corrected chi connectivity index (χ3v) is 3.03. The maximum absolute atomic E-state index is 12.4. The number of carbonyl (C=O) groups is 1. The highest BCUT2D eigenvalue weighted by Crippen LogP contribution is 2.36. The van der Waals surface area contributed by atoms with Crippen LogP contribution in [0.2, 0.25) is 0 Å². The van der Waals surface area contributed by atoms with E-state index in [9.17, 15) is 18.0 Å². The minimum atomic E-state index is -4.81. The number of rotatable bonds is 3. The van der Waals surface area contributed by atoms with E-state index in [1.54, 1.807) is 20.0 Å². The van der Waals surface area contributed by atoms with E-state index in [1.165, 1.54) is 29.0 Å². The summed E-state index contributed by atoms with van der Waals surface area (Å²) in [5.41, 5.74) is 0.965. The lowest BCUT2D eigenvalue weighted by Crippen LogP contribution is -2.17. The molecule has 0 saturated carbocycles. The van der Waals surface area contributed by atoms with Crippen molar-refractivity contribution in [2.24, 2.45) is 7.05 Å². The summed E-state index contributed by atoms with van der Waals surface area (Å²) < 4.78 is 42.8. The number of aryl methyl sites for hydroxylation is 1. The van der Waals surface area contributed by atoms with E-state index in [1.807, 2.05) is 0 Å². The van der Waals surface area contributed by atoms with Crippen molar-refractivity contribution in [3.63, 3.8) is 0 Å². The van der Waals surface area contributed by atoms with Crippen molar-refractivity contribution < 1.29 is 27.8 Å². The molecule has 0 bridgehead atoms. The Balaban J connectivity index is 2.60. The average molecular weight is 299 g/mol. The highest BCUT2D eigenvalue weighted by atomic mass is 19.4. The minimum absolute atomic E-state index is 0.0364. The van der Waals surface area contributed by atoms with Gasteiger partial charge in [0.05, 0.1) is 11.3 Å². The van der Waals surface area contributed by atoms with E-state index in [2.05, 4.69) is 4.74 Å².